The standard InChI is InChI=1S/C14H12BrClFNO/c15-12-7-9(1-6-13(12)16)14(8-19)18-11-4-2-10(17)3-5-11/h1-7,14,18-19H,8H2. The minimum atomic E-state index is -0.291. The van der Waals surface area contributed by atoms with E-state index in [0.717, 1.165) is 15.7 Å². The second kappa shape index (κ2) is 6.37. The van der Waals surface area contributed by atoms with Crippen LogP contribution < -0.4 is 5.32 Å². The number of anilines is 1. The van der Waals surface area contributed by atoms with Gasteiger partial charge in [-0.05, 0) is 57.9 Å². The number of hydrogen-bond donors (Lipinski definition) is 2. The van der Waals surface area contributed by atoms with E-state index in [0.29, 0.717) is 5.02 Å². The van der Waals surface area contributed by atoms with Crippen LogP contribution in [0.3, 0.4) is 0 Å². The molecule has 100 valence electrons. The van der Waals surface area contributed by atoms with Gasteiger partial charge >= 0.3 is 0 Å². The van der Waals surface area contributed by atoms with Crippen molar-refractivity contribution in [2.45, 2.75) is 6.04 Å². The fourth-order valence-electron chi connectivity index (χ4n) is 1.71. The maximum absolute atomic E-state index is 12.8. The van der Waals surface area contributed by atoms with Gasteiger partial charge in [0.15, 0.2) is 0 Å². The van der Waals surface area contributed by atoms with E-state index in [1.807, 2.05) is 12.1 Å². The Morgan fingerprint density at radius 3 is 2.47 bits per heavy atom. The Morgan fingerprint density at radius 1 is 1.21 bits per heavy atom. The normalized spacial score (nSPS) is 12.2. The lowest BCUT2D eigenvalue weighted by Gasteiger charge is -2.18. The van der Waals surface area contributed by atoms with Crippen molar-refractivity contribution in [2.24, 2.45) is 0 Å². The minimum absolute atomic E-state index is 0.0779. The summed E-state index contributed by atoms with van der Waals surface area (Å²) >= 11 is 9.28. The lowest BCUT2D eigenvalue weighted by molar-refractivity contribution is 0.276. The average molecular weight is 345 g/mol. The summed E-state index contributed by atoms with van der Waals surface area (Å²) in [6.07, 6.45) is 0. The molecule has 0 fully saturated rings. The Labute approximate surface area is 124 Å². The van der Waals surface area contributed by atoms with Crippen LogP contribution in [0.2, 0.25) is 5.02 Å². The Kier molecular flexibility index (Phi) is 4.80. The monoisotopic (exact) mass is 343 g/mol. The smallest absolute Gasteiger partial charge is 0.123 e. The number of halogens is 3. The van der Waals surface area contributed by atoms with E-state index in [4.69, 9.17) is 11.6 Å². The average Bonchev–Trinajstić information content (AvgIpc) is 2.41. The first-order valence-corrected chi connectivity index (χ1v) is 6.85. The van der Waals surface area contributed by atoms with Crippen molar-refractivity contribution in [3.05, 3.63) is 63.3 Å². The van der Waals surface area contributed by atoms with E-state index >= 15 is 0 Å². The van der Waals surface area contributed by atoms with Crippen LogP contribution in [0.1, 0.15) is 11.6 Å². The Hall–Kier alpha value is -1.10. The molecule has 2 N–H and O–H groups in total. The molecule has 0 radical (unpaired) electrons. The molecule has 0 saturated carbocycles. The molecule has 0 amide bonds. The van der Waals surface area contributed by atoms with Crippen molar-refractivity contribution in [3.8, 4) is 0 Å². The zero-order valence-corrected chi connectivity index (χ0v) is 12.2. The van der Waals surface area contributed by atoms with Crippen molar-refractivity contribution in [3.63, 3.8) is 0 Å². The Balaban J connectivity index is 2.19. The maximum Gasteiger partial charge on any atom is 0.123 e. The molecule has 0 aliphatic carbocycles. The van der Waals surface area contributed by atoms with Crippen molar-refractivity contribution in [1.29, 1.82) is 0 Å². The van der Waals surface area contributed by atoms with Crippen molar-refractivity contribution in [2.75, 3.05) is 11.9 Å². The van der Waals surface area contributed by atoms with Crippen LogP contribution in [0, 0.1) is 5.82 Å². The van der Waals surface area contributed by atoms with E-state index < -0.39 is 0 Å². The number of aliphatic hydroxyl groups is 1. The van der Waals surface area contributed by atoms with Crippen molar-refractivity contribution < 1.29 is 9.50 Å². The highest BCUT2D eigenvalue weighted by atomic mass is 79.9. The predicted octanol–water partition coefficient (Wildman–Crippen LogP) is 4.39. The first-order valence-electron chi connectivity index (χ1n) is 5.68. The SMILES string of the molecule is OCC(Nc1ccc(F)cc1)c1ccc(Cl)c(Br)c1. The van der Waals surface area contributed by atoms with E-state index in [2.05, 4.69) is 21.2 Å². The number of rotatable bonds is 4. The van der Waals surface area contributed by atoms with Gasteiger partial charge in [0, 0.05) is 10.2 Å². The van der Waals surface area contributed by atoms with Crippen LogP contribution in [-0.4, -0.2) is 11.7 Å². The molecule has 2 aromatic carbocycles. The number of nitrogens with one attached hydrogen (secondary N) is 1. The Morgan fingerprint density at radius 2 is 1.89 bits per heavy atom. The molecule has 0 aliphatic heterocycles. The Bertz CT molecular complexity index is 562. The van der Waals surface area contributed by atoms with Crippen LogP contribution in [0.5, 0.6) is 0 Å². The van der Waals surface area contributed by atoms with Crippen molar-refractivity contribution in [1.82, 2.24) is 0 Å². The molecule has 2 rings (SSSR count). The minimum Gasteiger partial charge on any atom is -0.394 e. The second-order valence-corrected chi connectivity index (χ2v) is 5.32. The molecular weight excluding hydrogens is 333 g/mol. The molecule has 1 atom stereocenters. The maximum atomic E-state index is 12.8. The van der Waals surface area contributed by atoms with Gasteiger partial charge in [-0.25, -0.2) is 4.39 Å². The summed E-state index contributed by atoms with van der Waals surface area (Å²) in [4.78, 5) is 0. The van der Waals surface area contributed by atoms with E-state index in [1.54, 1.807) is 18.2 Å². The second-order valence-electron chi connectivity index (χ2n) is 4.06. The van der Waals surface area contributed by atoms with Crippen LogP contribution >= 0.6 is 27.5 Å². The third kappa shape index (κ3) is 3.69. The van der Waals surface area contributed by atoms with Gasteiger partial charge in [-0.2, -0.15) is 0 Å². The van der Waals surface area contributed by atoms with Crippen molar-refractivity contribution >= 4 is 33.2 Å². The highest BCUT2D eigenvalue weighted by Crippen LogP contribution is 2.27. The van der Waals surface area contributed by atoms with Gasteiger partial charge < -0.3 is 10.4 Å². The molecule has 0 aromatic heterocycles. The van der Waals surface area contributed by atoms with Gasteiger partial charge in [-0.15, -0.1) is 0 Å². The highest BCUT2D eigenvalue weighted by molar-refractivity contribution is 9.10. The molecule has 0 bridgehead atoms. The van der Waals surface area contributed by atoms with E-state index in [-0.39, 0.29) is 18.5 Å². The van der Waals surface area contributed by atoms with Crippen LogP contribution in [0.4, 0.5) is 10.1 Å². The molecule has 1 unspecified atom stereocenters. The zero-order chi connectivity index (χ0) is 13.8. The van der Waals surface area contributed by atoms with Gasteiger partial charge in [-0.3, -0.25) is 0 Å². The first kappa shape index (κ1) is 14.3. The lowest BCUT2D eigenvalue weighted by Crippen LogP contribution is -2.14. The third-order valence-corrected chi connectivity index (χ3v) is 3.93. The van der Waals surface area contributed by atoms with Crippen LogP contribution in [0.25, 0.3) is 0 Å². The summed E-state index contributed by atoms with van der Waals surface area (Å²) in [5.74, 6) is -0.291. The van der Waals surface area contributed by atoms with Gasteiger partial charge in [0.25, 0.3) is 0 Å². The number of hydrogen-bond acceptors (Lipinski definition) is 2. The number of benzene rings is 2. The van der Waals surface area contributed by atoms with E-state index in [9.17, 15) is 9.50 Å². The summed E-state index contributed by atoms with van der Waals surface area (Å²) in [5.41, 5.74) is 1.63. The summed E-state index contributed by atoms with van der Waals surface area (Å²) in [6.45, 7) is -0.0779. The van der Waals surface area contributed by atoms with E-state index in [1.165, 1.54) is 12.1 Å². The fraction of sp³-hybridized carbons (Fsp3) is 0.143. The molecule has 0 heterocycles. The largest absolute Gasteiger partial charge is 0.394 e. The van der Waals surface area contributed by atoms with Gasteiger partial charge in [-0.1, -0.05) is 17.7 Å². The fourth-order valence-corrected chi connectivity index (χ4v) is 2.22. The molecule has 2 nitrogen and oxygen atoms in total. The van der Waals surface area contributed by atoms with Gasteiger partial charge in [0.05, 0.1) is 17.7 Å². The summed E-state index contributed by atoms with van der Waals surface area (Å²) in [5, 5.41) is 13.2. The molecule has 0 spiro atoms. The topological polar surface area (TPSA) is 32.3 Å². The lowest BCUT2D eigenvalue weighted by atomic mass is 10.1. The molecule has 2 aromatic rings. The van der Waals surface area contributed by atoms with Crippen LogP contribution in [-0.2, 0) is 0 Å². The summed E-state index contributed by atoms with van der Waals surface area (Å²) in [6, 6.07) is 11.2. The van der Waals surface area contributed by atoms with Crippen LogP contribution in [0.15, 0.2) is 46.9 Å². The quantitative estimate of drug-likeness (QED) is 0.862. The highest BCUT2D eigenvalue weighted by Gasteiger charge is 2.11. The molecular formula is C14H12BrClFNO. The summed E-state index contributed by atoms with van der Waals surface area (Å²) in [7, 11) is 0. The number of aliphatic hydroxyl groups excluding tert-OH is 1. The third-order valence-electron chi connectivity index (χ3n) is 2.71. The zero-order valence-electron chi connectivity index (χ0n) is 9.91. The molecule has 5 heteroatoms. The predicted molar refractivity (Wildman–Crippen MR) is 79.0 cm³/mol. The van der Waals surface area contributed by atoms with Gasteiger partial charge in [0.2, 0.25) is 0 Å². The molecule has 0 aliphatic rings. The molecule has 19 heavy (non-hydrogen) atoms. The summed E-state index contributed by atoms with van der Waals surface area (Å²) < 4.78 is 13.6. The first-order chi connectivity index (χ1) is 9.10. The van der Waals surface area contributed by atoms with Gasteiger partial charge in [0.1, 0.15) is 5.82 Å². The molecule has 0 saturated heterocycles.